The summed E-state index contributed by atoms with van der Waals surface area (Å²) >= 11 is 3.76. The van der Waals surface area contributed by atoms with Gasteiger partial charge in [0.2, 0.25) is 0 Å². The number of allylic oxidation sites excluding steroid dienone is 1. The molecule has 0 fully saturated rings. The van der Waals surface area contributed by atoms with Crippen LogP contribution in [0.3, 0.4) is 0 Å². The molecule has 1 unspecified atom stereocenters. The van der Waals surface area contributed by atoms with Gasteiger partial charge in [-0.25, -0.2) is 0 Å². The molecule has 1 nitrogen and oxygen atoms in total. The zero-order chi connectivity index (χ0) is 8.93. The zero-order valence-corrected chi connectivity index (χ0v) is 9.03. The van der Waals surface area contributed by atoms with Crippen LogP contribution in [0.4, 0.5) is 0 Å². The molecule has 0 aromatic carbocycles. The van der Waals surface area contributed by atoms with Crippen molar-refractivity contribution in [2.75, 3.05) is 6.54 Å². The maximum absolute atomic E-state index is 3.48. The third kappa shape index (κ3) is 2.86. The molecule has 13 heavy (non-hydrogen) atoms. The summed E-state index contributed by atoms with van der Waals surface area (Å²) in [6, 6.07) is 4.28. The highest BCUT2D eigenvalue weighted by Gasteiger charge is 2.09. The van der Waals surface area contributed by atoms with E-state index in [4.69, 9.17) is 0 Å². The van der Waals surface area contributed by atoms with Crippen LogP contribution in [-0.2, 0) is 6.54 Å². The van der Waals surface area contributed by atoms with Crippen molar-refractivity contribution in [3.8, 4) is 0 Å². The molecular formula is C10H13NS2. The monoisotopic (exact) mass is 211 g/mol. The fourth-order valence-corrected chi connectivity index (χ4v) is 2.89. The summed E-state index contributed by atoms with van der Waals surface area (Å²) in [5.74, 6) is 0. The predicted molar refractivity (Wildman–Crippen MR) is 61.2 cm³/mol. The number of hydrogen-bond donors (Lipinski definition) is 1. The average Bonchev–Trinajstić information content (AvgIpc) is 2.75. The van der Waals surface area contributed by atoms with Gasteiger partial charge in [-0.3, -0.25) is 0 Å². The summed E-state index contributed by atoms with van der Waals surface area (Å²) in [4.78, 5) is 1.43. The number of thioether (sulfide) groups is 1. The van der Waals surface area contributed by atoms with Crippen LogP contribution in [0.5, 0.6) is 0 Å². The predicted octanol–water partition coefficient (Wildman–Crippen LogP) is 2.86. The molecule has 1 aliphatic rings. The maximum atomic E-state index is 3.48. The topological polar surface area (TPSA) is 12.0 Å². The van der Waals surface area contributed by atoms with Crippen LogP contribution >= 0.6 is 23.1 Å². The molecule has 1 atom stereocenters. The van der Waals surface area contributed by atoms with Gasteiger partial charge in [-0.2, -0.15) is 0 Å². The molecule has 0 bridgehead atoms. The van der Waals surface area contributed by atoms with E-state index in [-0.39, 0.29) is 0 Å². The van der Waals surface area contributed by atoms with E-state index >= 15 is 0 Å². The second kappa shape index (κ2) is 4.84. The van der Waals surface area contributed by atoms with Gasteiger partial charge in [-0.1, -0.05) is 12.1 Å². The molecule has 0 spiro atoms. The van der Waals surface area contributed by atoms with Gasteiger partial charge in [0, 0.05) is 23.2 Å². The van der Waals surface area contributed by atoms with Crippen LogP contribution < -0.4 is 5.32 Å². The standard InChI is InChI=1S/C10H13NS2/c1-3-9(12-5-1)7-11-8-10-4-2-6-13-10/h1-3,5-6,10-11H,4,7-8H2. The highest BCUT2D eigenvalue weighted by Crippen LogP contribution is 2.23. The van der Waals surface area contributed by atoms with Crippen LogP contribution in [0.15, 0.2) is 29.0 Å². The van der Waals surface area contributed by atoms with E-state index in [1.807, 2.05) is 23.1 Å². The molecule has 1 aromatic rings. The molecule has 1 aliphatic heterocycles. The fraction of sp³-hybridized carbons (Fsp3) is 0.400. The first-order chi connectivity index (χ1) is 6.45. The second-order valence-corrected chi connectivity index (χ2v) is 5.32. The first-order valence-corrected chi connectivity index (χ1v) is 6.31. The van der Waals surface area contributed by atoms with E-state index < -0.39 is 0 Å². The summed E-state index contributed by atoms with van der Waals surface area (Å²) < 4.78 is 0. The van der Waals surface area contributed by atoms with E-state index in [1.165, 1.54) is 11.3 Å². The van der Waals surface area contributed by atoms with E-state index in [0.29, 0.717) is 0 Å². The molecular weight excluding hydrogens is 198 g/mol. The number of nitrogens with one attached hydrogen (secondary N) is 1. The Morgan fingerprint density at radius 2 is 2.54 bits per heavy atom. The van der Waals surface area contributed by atoms with Gasteiger partial charge < -0.3 is 5.32 Å². The molecule has 1 N–H and O–H groups in total. The Balaban J connectivity index is 1.64. The quantitative estimate of drug-likeness (QED) is 0.822. The van der Waals surface area contributed by atoms with Crippen LogP contribution in [0, 0.1) is 0 Å². The van der Waals surface area contributed by atoms with Gasteiger partial charge in [0.1, 0.15) is 0 Å². The lowest BCUT2D eigenvalue weighted by Gasteiger charge is -2.08. The Bertz CT molecular complexity index is 258. The summed E-state index contributed by atoms with van der Waals surface area (Å²) in [6.45, 7) is 2.14. The summed E-state index contributed by atoms with van der Waals surface area (Å²) in [5.41, 5.74) is 0. The lowest BCUT2D eigenvalue weighted by molar-refractivity contribution is 0.675. The third-order valence-electron chi connectivity index (χ3n) is 2.02. The molecule has 2 heterocycles. The Morgan fingerprint density at radius 1 is 1.54 bits per heavy atom. The molecule has 70 valence electrons. The fourth-order valence-electron chi connectivity index (χ4n) is 1.33. The van der Waals surface area contributed by atoms with Crippen LogP contribution in [0.25, 0.3) is 0 Å². The van der Waals surface area contributed by atoms with E-state index in [0.717, 1.165) is 18.3 Å². The lowest BCUT2D eigenvalue weighted by Crippen LogP contribution is -2.22. The highest BCUT2D eigenvalue weighted by molar-refractivity contribution is 8.03. The van der Waals surface area contributed by atoms with Gasteiger partial charge in [0.05, 0.1) is 0 Å². The molecule has 0 amide bonds. The first-order valence-electron chi connectivity index (χ1n) is 4.49. The number of thiophene rings is 1. The Morgan fingerprint density at radius 3 is 3.23 bits per heavy atom. The minimum atomic E-state index is 0.764. The van der Waals surface area contributed by atoms with Gasteiger partial charge in [0.15, 0.2) is 0 Å². The highest BCUT2D eigenvalue weighted by atomic mass is 32.2. The lowest BCUT2D eigenvalue weighted by atomic mass is 10.3. The minimum absolute atomic E-state index is 0.764. The number of rotatable bonds is 4. The summed E-state index contributed by atoms with van der Waals surface area (Å²) in [6.07, 6.45) is 3.48. The van der Waals surface area contributed by atoms with Crippen LogP contribution in [0.1, 0.15) is 11.3 Å². The Kier molecular flexibility index (Phi) is 3.47. The summed E-state index contributed by atoms with van der Waals surface area (Å²) in [5, 5.41) is 8.58. The average molecular weight is 211 g/mol. The van der Waals surface area contributed by atoms with Gasteiger partial charge in [0.25, 0.3) is 0 Å². The van der Waals surface area contributed by atoms with Crippen molar-refractivity contribution < 1.29 is 0 Å². The van der Waals surface area contributed by atoms with E-state index in [9.17, 15) is 0 Å². The largest absolute Gasteiger partial charge is 0.311 e. The Labute approximate surface area is 87.2 Å². The van der Waals surface area contributed by atoms with Crippen molar-refractivity contribution in [1.82, 2.24) is 5.32 Å². The molecule has 0 aliphatic carbocycles. The smallest absolute Gasteiger partial charge is 0.0300 e. The van der Waals surface area contributed by atoms with Crippen molar-refractivity contribution in [3.05, 3.63) is 33.9 Å². The van der Waals surface area contributed by atoms with Crippen molar-refractivity contribution >= 4 is 23.1 Å². The van der Waals surface area contributed by atoms with Crippen molar-refractivity contribution in [2.24, 2.45) is 0 Å². The maximum Gasteiger partial charge on any atom is 0.0300 e. The van der Waals surface area contributed by atoms with Crippen molar-refractivity contribution in [3.63, 3.8) is 0 Å². The number of hydrogen-bond acceptors (Lipinski definition) is 3. The van der Waals surface area contributed by atoms with E-state index in [1.54, 1.807) is 0 Å². The molecule has 0 saturated carbocycles. The van der Waals surface area contributed by atoms with Crippen molar-refractivity contribution in [2.45, 2.75) is 18.2 Å². The molecule has 1 aromatic heterocycles. The zero-order valence-electron chi connectivity index (χ0n) is 7.40. The minimum Gasteiger partial charge on any atom is -0.311 e. The normalized spacial score (nSPS) is 21.1. The third-order valence-corrected chi connectivity index (χ3v) is 3.99. The van der Waals surface area contributed by atoms with Crippen molar-refractivity contribution in [1.29, 1.82) is 0 Å². The molecule has 2 rings (SSSR count). The van der Waals surface area contributed by atoms with Crippen LogP contribution in [-0.4, -0.2) is 11.8 Å². The SMILES string of the molecule is C1=CSC(CNCc2cccs2)C1. The molecule has 0 saturated heterocycles. The van der Waals surface area contributed by atoms with Gasteiger partial charge >= 0.3 is 0 Å². The van der Waals surface area contributed by atoms with Gasteiger partial charge in [-0.15, -0.1) is 23.1 Å². The second-order valence-electron chi connectivity index (χ2n) is 3.08. The summed E-state index contributed by atoms with van der Waals surface area (Å²) in [7, 11) is 0. The van der Waals surface area contributed by atoms with Gasteiger partial charge in [-0.05, 0) is 23.3 Å². The van der Waals surface area contributed by atoms with E-state index in [2.05, 4.69) is 34.3 Å². The molecule has 0 radical (unpaired) electrons. The Hall–Kier alpha value is -0.250. The first kappa shape index (κ1) is 9.31. The van der Waals surface area contributed by atoms with Crippen LogP contribution in [0.2, 0.25) is 0 Å². The molecule has 3 heteroatoms.